The number of aromatic nitrogens is 1. The molecule has 0 spiro atoms. The fourth-order valence-corrected chi connectivity index (χ4v) is 3.67. The van der Waals surface area contributed by atoms with Crippen LogP contribution in [0.2, 0.25) is 0 Å². The molecule has 0 bridgehead atoms. The molecule has 0 fully saturated rings. The number of aryl methyl sites for hydroxylation is 4. The molecule has 1 aromatic carbocycles. The number of hydrogen-bond acceptors (Lipinski definition) is 4. The van der Waals surface area contributed by atoms with E-state index < -0.39 is 10.8 Å². The van der Waals surface area contributed by atoms with Crippen LogP contribution in [0.15, 0.2) is 22.7 Å². The van der Waals surface area contributed by atoms with E-state index in [1.165, 1.54) is 5.56 Å². The van der Waals surface area contributed by atoms with Crippen LogP contribution in [0.25, 0.3) is 0 Å². The van der Waals surface area contributed by atoms with Crippen LogP contribution in [0, 0.1) is 27.7 Å². The Hall–Kier alpha value is -1.95. The Labute approximate surface area is 145 Å². The molecule has 0 saturated heterocycles. The van der Waals surface area contributed by atoms with E-state index in [4.69, 9.17) is 4.42 Å². The van der Waals surface area contributed by atoms with Gasteiger partial charge in [0.2, 0.25) is 11.8 Å². The molecule has 0 radical (unpaired) electrons. The average molecular weight is 348 g/mol. The molecule has 2 rings (SSSR count). The van der Waals surface area contributed by atoms with Gasteiger partial charge in [0.05, 0.1) is 6.20 Å². The van der Waals surface area contributed by atoms with E-state index in [1.54, 1.807) is 13.1 Å². The molecule has 2 aromatic rings. The van der Waals surface area contributed by atoms with Crippen molar-refractivity contribution in [2.45, 2.75) is 46.3 Å². The van der Waals surface area contributed by atoms with Crippen molar-refractivity contribution in [3.8, 4) is 0 Å². The van der Waals surface area contributed by atoms with Crippen molar-refractivity contribution >= 4 is 22.4 Å². The standard InChI is InChI=1S/C18H24N2O3S/c1-12-8-13(2)18(14(3)9-12)20-16(21)6-5-7-24(22)11-17-19-10-15(4)23-17/h8-10H,5-7,11H2,1-4H3,(H,20,21)/t24-/m1/s1. The summed E-state index contributed by atoms with van der Waals surface area (Å²) in [6, 6.07) is 4.10. The number of amides is 1. The van der Waals surface area contributed by atoms with E-state index >= 15 is 0 Å². The van der Waals surface area contributed by atoms with Crippen molar-refractivity contribution in [3.63, 3.8) is 0 Å². The van der Waals surface area contributed by atoms with E-state index in [-0.39, 0.29) is 5.91 Å². The van der Waals surface area contributed by atoms with Crippen LogP contribution in [0.3, 0.4) is 0 Å². The Balaban J connectivity index is 1.78. The minimum Gasteiger partial charge on any atom is -0.445 e. The summed E-state index contributed by atoms with van der Waals surface area (Å²) in [4.78, 5) is 16.1. The van der Waals surface area contributed by atoms with Crippen LogP contribution in [-0.2, 0) is 21.3 Å². The number of nitrogens with zero attached hydrogens (tertiary/aromatic N) is 1. The number of benzene rings is 1. The highest BCUT2D eigenvalue weighted by molar-refractivity contribution is 7.84. The summed E-state index contributed by atoms with van der Waals surface area (Å²) < 4.78 is 17.3. The van der Waals surface area contributed by atoms with Crippen LogP contribution in [-0.4, -0.2) is 20.9 Å². The van der Waals surface area contributed by atoms with Gasteiger partial charge in [-0.15, -0.1) is 0 Å². The highest BCUT2D eigenvalue weighted by Crippen LogP contribution is 2.22. The second-order valence-corrected chi connectivity index (χ2v) is 7.65. The molecule has 0 aliphatic rings. The van der Waals surface area contributed by atoms with Gasteiger partial charge < -0.3 is 9.73 Å². The van der Waals surface area contributed by atoms with Gasteiger partial charge in [-0.05, 0) is 45.2 Å². The molecule has 24 heavy (non-hydrogen) atoms. The van der Waals surface area contributed by atoms with E-state index in [1.807, 2.05) is 20.8 Å². The first-order valence-electron chi connectivity index (χ1n) is 7.99. The Morgan fingerprint density at radius 2 is 1.88 bits per heavy atom. The van der Waals surface area contributed by atoms with Crippen LogP contribution in [0.1, 0.15) is 41.2 Å². The van der Waals surface area contributed by atoms with Crippen molar-refractivity contribution in [1.29, 1.82) is 0 Å². The Kier molecular flexibility index (Phi) is 6.31. The molecule has 0 aliphatic carbocycles. The van der Waals surface area contributed by atoms with Gasteiger partial charge in [0.15, 0.2) is 0 Å². The van der Waals surface area contributed by atoms with Crippen molar-refractivity contribution in [2.24, 2.45) is 0 Å². The topological polar surface area (TPSA) is 72.2 Å². The molecular formula is C18H24N2O3S. The number of carbonyl (C=O) groups is 1. The van der Waals surface area contributed by atoms with E-state index in [9.17, 15) is 9.00 Å². The largest absolute Gasteiger partial charge is 0.445 e. The van der Waals surface area contributed by atoms with Crippen molar-refractivity contribution in [1.82, 2.24) is 4.98 Å². The summed E-state index contributed by atoms with van der Waals surface area (Å²) in [6.45, 7) is 7.82. The lowest BCUT2D eigenvalue weighted by Gasteiger charge is -2.12. The van der Waals surface area contributed by atoms with E-state index in [0.29, 0.717) is 36.0 Å². The summed E-state index contributed by atoms with van der Waals surface area (Å²) in [5.74, 6) is 1.91. The maximum absolute atomic E-state index is 12.1. The predicted octanol–water partition coefficient (Wildman–Crippen LogP) is 3.58. The van der Waals surface area contributed by atoms with E-state index in [0.717, 1.165) is 16.8 Å². The summed E-state index contributed by atoms with van der Waals surface area (Å²) in [5, 5.41) is 2.96. The van der Waals surface area contributed by atoms with Crippen LogP contribution in [0.4, 0.5) is 5.69 Å². The molecule has 130 valence electrons. The SMILES string of the molecule is Cc1cc(C)c(NC(=O)CCC[S@@](=O)Cc2ncc(C)o2)c(C)c1. The molecule has 1 amide bonds. The third kappa shape index (κ3) is 5.30. The quantitative estimate of drug-likeness (QED) is 0.830. The molecule has 0 unspecified atom stereocenters. The number of carbonyl (C=O) groups excluding carboxylic acids is 1. The Morgan fingerprint density at radius 1 is 1.21 bits per heavy atom. The lowest BCUT2D eigenvalue weighted by Crippen LogP contribution is -2.14. The lowest BCUT2D eigenvalue weighted by molar-refractivity contribution is -0.116. The zero-order valence-electron chi connectivity index (χ0n) is 14.6. The third-order valence-electron chi connectivity index (χ3n) is 3.67. The Bertz CT molecular complexity index is 729. The number of anilines is 1. The molecule has 6 heteroatoms. The minimum absolute atomic E-state index is 0.0472. The summed E-state index contributed by atoms with van der Waals surface area (Å²) in [5.41, 5.74) is 4.18. The first-order valence-corrected chi connectivity index (χ1v) is 9.48. The molecule has 1 heterocycles. The van der Waals surface area contributed by atoms with Crippen LogP contribution >= 0.6 is 0 Å². The zero-order chi connectivity index (χ0) is 17.7. The molecule has 0 saturated carbocycles. The van der Waals surface area contributed by atoms with Gasteiger partial charge in [-0.25, -0.2) is 4.98 Å². The predicted molar refractivity (Wildman–Crippen MR) is 96.5 cm³/mol. The van der Waals surface area contributed by atoms with Crippen LogP contribution in [0.5, 0.6) is 0 Å². The summed E-state index contributed by atoms with van der Waals surface area (Å²) >= 11 is 0. The molecule has 5 nitrogen and oxygen atoms in total. The van der Waals surface area contributed by atoms with Crippen molar-refractivity contribution in [3.05, 3.63) is 46.7 Å². The molecule has 1 atom stereocenters. The highest BCUT2D eigenvalue weighted by atomic mass is 32.2. The van der Waals surface area contributed by atoms with Crippen molar-refractivity contribution < 1.29 is 13.4 Å². The average Bonchev–Trinajstić information content (AvgIpc) is 2.88. The van der Waals surface area contributed by atoms with Gasteiger partial charge in [0.25, 0.3) is 0 Å². The maximum atomic E-state index is 12.1. The molecule has 0 aliphatic heterocycles. The molecule has 1 N–H and O–H groups in total. The fraction of sp³-hybridized carbons (Fsp3) is 0.444. The number of oxazole rings is 1. The number of nitrogens with one attached hydrogen (secondary N) is 1. The van der Waals surface area contributed by atoms with Gasteiger partial charge >= 0.3 is 0 Å². The fourth-order valence-electron chi connectivity index (χ4n) is 2.65. The summed E-state index contributed by atoms with van der Waals surface area (Å²) in [6.07, 6.45) is 2.54. The normalized spacial score (nSPS) is 12.2. The molecule has 1 aromatic heterocycles. The second kappa shape index (κ2) is 8.24. The Morgan fingerprint density at radius 3 is 2.46 bits per heavy atom. The van der Waals surface area contributed by atoms with Crippen LogP contribution < -0.4 is 5.32 Å². The summed E-state index contributed by atoms with van der Waals surface area (Å²) in [7, 11) is -1.07. The monoisotopic (exact) mass is 348 g/mol. The second-order valence-electron chi connectivity index (χ2n) is 6.08. The maximum Gasteiger partial charge on any atom is 0.224 e. The van der Waals surface area contributed by atoms with Gasteiger partial charge in [0.1, 0.15) is 11.5 Å². The number of hydrogen-bond donors (Lipinski definition) is 1. The van der Waals surface area contributed by atoms with Gasteiger partial charge in [-0.2, -0.15) is 0 Å². The van der Waals surface area contributed by atoms with Gasteiger partial charge in [-0.3, -0.25) is 9.00 Å². The smallest absolute Gasteiger partial charge is 0.224 e. The van der Waals surface area contributed by atoms with E-state index in [2.05, 4.69) is 22.4 Å². The van der Waals surface area contributed by atoms with Gasteiger partial charge in [0, 0.05) is 28.7 Å². The van der Waals surface area contributed by atoms with Gasteiger partial charge in [-0.1, -0.05) is 17.7 Å². The minimum atomic E-state index is -1.07. The number of rotatable bonds is 7. The highest BCUT2D eigenvalue weighted by Gasteiger charge is 2.11. The lowest BCUT2D eigenvalue weighted by atomic mass is 10.0. The third-order valence-corrected chi connectivity index (χ3v) is 4.98. The first kappa shape index (κ1) is 18.4. The van der Waals surface area contributed by atoms with Crippen molar-refractivity contribution in [2.75, 3.05) is 11.1 Å². The zero-order valence-corrected chi connectivity index (χ0v) is 15.5. The molecular weight excluding hydrogens is 324 g/mol. The first-order chi connectivity index (χ1) is 11.3.